The number of ether oxygens (including phenoxy) is 1. The van der Waals surface area contributed by atoms with Gasteiger partial charge in [0.1, 0.15) is 28.3 Å². The van der Waals surface area contributed by atoms with Gasteiger partial charge in [0.05, 0.1) is 0 Å². The van der Waals surface area contributed by atoms with Crippen molar-refractivity contribution in [3.8, 4) is 0 Å². The second-order valence-corrected chi connectivity index (χ2v) is 5.87. The number of aliphatic hydroxyl groups excluding tert-OH is 1. The third-order valence-electron chi connectivity index (χ3n) is 3.17. The molecule has 1 aliphatic rings. The van der Waals surface area contributed by atoms with E-state index in [1.54, 1.807) is 22.6 Å². The highest BCUT2D eigenvalue weighted by molar-refractivity contribution is 14.1. The van der Waals surface area contributed by atoms with Crippen molar-refractivity contribution in [2.24, 2.45) is 0 Å². The average molecular weight is 408 g/mol. The summed E-state index contributed by atoms with van der Waals surface area (Å²) in [7, 11) is 0. The minimum atomic E-state index is -1.60. The van der Waals surface area contributed by atoms with Crippen LogP contribution in [0.3, 0.4) is 0 Å². The monoisotopic (exact) mass is 408 g/mol. The number of alkyl halides is 1. The van der Waals surface area contributed by atoms with Gasteiger partial charge in [0, 0.05) is 18.7 Å². The number of aromatic nitrogens is 2. The molecule has 1 unspecified atom stereocenters. The van der Waals surface area contributed by atoms with Crippen molar-refractivity contribution in [3.63, 3.8) is 0 Å². The third kappa shape index (κ3) is 3.31. The smallest absolute Gasteiger partial charge is 0.330 e. The van der Waals surface area contributed by atoms with E-state index in [9.17, 15) is 24.6 Å². The van der Waals surface area contributed by atoms with E-state index in [1.807, 2.05) is 0 Å². The van der Waals surface area contributed by atoms with E-state index in [2.05, 4.69) is 4.98 Å². The molecule has 2 heterocycles. The van der Waals surface area contributed by atoms with Crippen molar-refractivity contribution < 1.29 is 19.7 Å². The molecule has 9 heteroatoms. The summed E-state index contributed by atoms with van der Waals surface area (Å²) < 4.78 is 5.57. The van der Waals surface area contributed by atoms with Crippen LogP contribution in [-0.4, -0.2) is 41.9 Å². The number of allylic oxidation sites excluding steroid dienone is 1. The fourth-order valence-electron chi connectivity index (χ4n) is 2.22. The first-order valence-corrected chi connectivity index (χ1v) is 7.26. The molecular weight excluding hydrogens is 395 g/mol. The number of nitrogens with zero attached hydrogens (tertiary/aromatic N) is 1. The molecule has 4 atom stereocenters. The number of aldehydes is 1. The number of aliphatic hydroxyl groups is 2. The van der Waals surface area contributed by atoms with Crippen LogP contribution in [0.2, 0.25) is 0 Å². The number of aromatic amines is 1. The van der Waals surface area contributed by atoms with Gasteiger partial charge in [-0.15, -0.1) is 0 Å². The van der Waals surface area contributed by atoms with E-state index in [0.717, 1.165) is 16.7 Å². The molecule has 8 nitrogen and oxygen atoms in total. The Morgan fingerprint density at radius 3 is 2.86 bits per heavy atom. The quantitative estimate of drug-likeness (QED) is 0.256. The van der Waals surface area contributed by atoms with Crippen molar-refractivity contribution in [3.05, 3.63) is 45.3 Å². The molecule has 0 amide bonds. The highest BCUT2D eigenvalue weighted by Gasteiger charge is 2.49. The molecular formula is C12H13IN2O6. The molecule has 1 saturated heterocycles. The topological polar surface area (TPSA) is 122 Å². The maximum atomic E-state index is 11.7. The molecule has 1 aliphatic heterocycles. The van der Waals surface area contributed by atoms with Crippen LogP contribution in [-0.2, 0) is 9.53 Å². The highest BCUT2D eigenvalue weighted by Crippen LogP contribution is 2.39. The molecule has 0 aliphatic carbocycles. The Bertz CT molecular complexity index is 666. The lowest BCUT2D eigenvalue weighted by Gasteiger charge is -2.25. The Balaban J connectivity index is 2.37. The second kappa shape index (κ2) is 6.22. The van der Waals surface area contributed by atoms with Crippen molar-refractivity contribution in [2.75, 3.05) is 0 Å². The van der Waals surface area contributed by atoms with E-state index >= 15 is 0 Å². The van der Waals surface area contributed by atoms with Crippen LogP contribution in [0.15, 0.2) is 34.0 Å². The first-order chi connectivity index (χ1) is 9.87. The van der Waals surface area contributed by atoms with Crippen molar-refractivity contribution in [2.45, 2.75) is 28.5 Å². The van der Waals surface area contributed by atoms with Gasteiger partial charge in [-0.25, -0.2) is 4.79 Å². The molecule has 1 aromatic rings. The largest absolute Gasteiger partial charge is 0.383 e. The number of rotatable bonds is 4. The second-order valence-electron chi connectivity index (χ2n) is 4.59. The number of halogens is 1. The van der Waals surface area contributed by atoms with E-state index in [1.165, 1.54) is 12.3 Å². The van der Waals surface area contributed by atoms with Gasteiger partial charge < -0.3 is 14.9 Å². The lowest BCUT2D eigenvalue weighted by molar-refractivity contribution is -0.104. The van der Waals surface area contributed by atoms with Gasteiger partial charge in [-0.2, -0.15) is 0 Å². The summed E-state index contributed by atoms with van der Waals surface area (Å²) in [6, 6.07) is 1.15. The molecule has 0 aromatic carbocycles. The Kier molecular flexibility index (Phi) is 4.76. The lowest BCUT2D eigenvalue weighted by atomic mass is 9.94. The van der Waals surface area contributed by atoms with Gasteiger partial charge in [-0.1, -0.05) is 0 Å². The first kappa shape index (κ1) is 16.1. The molecule has 114 valence electrons. The maximum absolute atomic E-state index is 11.7. The normalized spacial score (nSPS) is 30.6. The zero-order valence-electron chi connectivity index (χ0n) is 10.7. The molecule has 0 saturated carbocycles. The standard InChI is InChI=1S/C12H13IN2O6/c13-10(18)9-12(20,3-1-5-16)6-8(21-9)15-4-2-7(17)14-11(15)19/h1-5,8-10,18,20H,6H2,(H,14,17,19)/t8-,9-,10?,12+/m1/s1. The zero-order chi connectivity index (χ0) is 15.6. The molecule has 0 bridgehead atoms. The number of H-pyrrole nitrogens is 1. The minimum absolute atomic E-state index is 0.0476. The summed E-state index contributed by atoms with van der Waals surface area (Å²) in [4.78, 5) is 35.3. The summed E-state index contributed by atoms with van der Waals surface area (Å²) in [5.74, 6) is 0. The Morgan fingerprint density at radius 2 is 2.29 bits per heavy atom. The van der Waals surface area contributed by atoms with Crippen LogP contribution >= 0.6 is 22.6 Å². The lowest BCUT2D eigenvalue weighted by Crippen LogP contribution is -2.41. The Morgan fingerprint density at radius 1 is 1.57 bits per heavy atom. The highest BCUT2D eigenvalue weighted by atomic mass is 127. The number of nitrogens with one attached hydrogen (secondary N) is 1. The summed E-state index contributed by atoms with van der Waals surface area (Å²) in [5.41, 5.74) is -2.82. The maximum Gasteiger partial charge on any atom is 0.330 e. The first-order valence-electron chi connectivity index (χ1n) is 6.02. The summed E-state index contributed by atoms with van der Waals surface area (Å²) in [6.07, 6.45) is 2.14. The summed E-state index contributed by atoms with van der Waals surface area (Å²) >= 11 is 1.67. The van der Waals surface area contributed by atoms with Crippen LogP contribution in [0, 0.1) is 0 Å². The van der Waals surface area contributed by atoms with E-state index in [4.69, 9.17) is 4.74 Å². The molecule has 1 fully saturated rings. The zero-order valence-corrected chi connectivity index (χ0v) is 12.8. The number of carbonyl (C=O) groups is 1. The summed E-state index contributed by atoms with van der Waals surface area (Å²) in [5, 5.41) is 20.2. The van der Waals surface area contributed by atoms with Crippen molar-refractivity contribution in [1.29, 1.82) is 0 Å². The Labute approximate surface area is 132 Å². The predicted octanol–water partition coefficient (Wildman–Crippen LogP) is -0.936. The summed E-state index contributed by atoms with van der Waals surface area (Å²) in [6.45, 7) is 0. The van der Waals surface area contributed by atoms with Crippen molar-refractivity contribution >= 4 is 28.9 Å². The predicted molar refractivity (Wildman–Crippen MR) is 80.0 cm³/mol. The van der Waals surface area contributed by atoms with Crippen LogP contribution < -0.4 is 11.2 Å². The minimum Gasteiger partial charge on any atom is -0.383 e. The SMILES string of the molecule is O=CC=C[C@]1(O)C[C@H](n2ccc(=O)[nH]c2=O)O[C@@H]1C(O)I. The molecule has 0 radical (unpaired) electrons. The van der Waals surface area contributed by atoms with E-state index in [0.29, 0.717) is 6.29 Å². The van der Waals surface area contributed by atoms with Gasteiger partial charge >= 0.3 is 5.69 Å². The van der Waals surface area contributed by atoms with Gasteiger partial charge in [0.25, 0.3) is 5.56 Å². The van der Waals surface area contributed by atoms with Crippen LogP contribution in [0.5, 0.6) is 0 Å². The number of carbonyl (C=O) groups excluding carboxylic acids is 1. The fraction of sp³-hybridized carbons (Fsp3) is 0.417. The molecule has 0 spiro atoms. The molecule has 3 N–H and O–H groups in total. The molecule has 21 heavy (non-hydrogen) atoms. The Hall–Kier alpha value is -1.30. The van der Waals surface area contributed by atoms with Crippen LogP contribution in [0.25, 0.3) is 0 Å². The molecule has 1 aromatic heterocycles. The van der Waals surface area contributed by atoms with Crippen LogP contribution in [0.4, 0.5) is 0 Å². The third-order valence-corrected chi connectivity index (χ3v) is 3.83. The van der Waals surface area contributed by atoms with Gasteiger partial charge in [-0.3, -0.25) is 19.1 Å². The van der Waals surface area contributed by atoms with E-state index < -0.39 is 33.3 Å². The van der Waals surface area contributed by atoms with Gasteiger partial charge in [0.15, 0.2) is 0 Å². The number of hydrogen-bond acceptors (Lipinski definition) is 6. The molecule has 2 rings (SSSR count). The van der Waals surface area contributed by atoms with Gasteiger partial charge in [0.2, 0.25) is 0 Å². The van der Waals surface area contributed by atoms with Crippen LogP contribution in [0.1, 0.15) is 12.6 Å². The fourth-order valence-corrected chi connectivity index (χ4v) is 3.01. The van der Waals surface area contributed by atoms with E-state index in [-0.39, 0.29) is 6.42 Å². The van der Waals surface area contributed by atoms with Gasteiger partial charge in [-0.05, 0) is 34.7 Å². The average Bonchev–Trinajstić information content (AvgIpc) is 2.75. The number of hydrogen-bond donors (Lipinski definition) is 3. The van der Waals surface area contributed by atoms with Crippen molar-refractivity contribution in [1.82, 2.24) is 9.55 Å².